The van der Waals surface area contributed by atoms with Gasteiger partial charge in [0, 0.05) is 18.1 Å². The molecule has 6 heteroatoms. The number of carbonyl (C=O) groups excluding carboxylic acids is 2. The second-order valence-electron chi connectivity index (χ2n) is 7.28. The number of likely N-dealkylation sites (tertiary alicyclic amines) is 1. The van der Waals surface area contributed by atoms with E-state index in [0.29, 0.717) is 27.0 Å². The van der Waals surface area contributed by atoms with E-state index < -0.39 is 0 Å². The maximum atomic E-state index is 13.5. The van der Waals surface area contributed by atoms with Crippen LogP contribution in [0, 0.1) is 13.8 Å². The van der Waals surface area contributed by atoms with Crippen molar-refractivity contribution in [3.05, 3.63) is 68.8 Å². The second kappa shape index (κ2) is 7.26. The van der Waals surface area contributed by atoms with Crippen LogP contribution in [-0.2, 0) is 9.59 Å². The number of hydrogen-bond donors (Lipinski definition) is 0. The summed E-state index contributed by atoms with van der Waals surface area (Å²) < 4.78 is 0. The lowest BCUT2D eigenvalue weighted by atomic mass is 9.97. The van der Waals surface area contributed by atoms with Crippen molar-refractivity contribution < 1.29 is 9.59 Å². The van der Waals surface area contributed by atoms with Crippen molar-refractivity contribution >= 4 is 46.3 Å². The predicted molar refractivity (Wildman–Crippen MR) is 113 cm³/mol. The fourth-order valence-electron chi connectivity index (χ4n) is 3.97. The first-order valence-corrected chi connectivity index (χ1v) is 10.0. The third-order valence-electron chi connectivity index (χ3n) is 5.28. The number of imide groups is 1. The van der Waals surface area contributed by atoms with Crippen LogP contribution in [0.5, 0.6) is 0 Å². The smallest absolute Gasteiger partial charge is 0.282 e. The van der Waals surface area contributed by atoms with Crippen LogP contribution in [0.2, 0.25) is 10.0 Å². The summed E-state index contributed by atoms with van der Waals surface area (Å²) in [5.74, 6) is -0.700. The van der Waals surface area contributed by atoms with Crippen LogP contribution in [0.1, 0.15) is 29.5 Å². The second-order valence-corrected chi connectivity index (χ2v) is 8.12. The molecule has 2 aliphatic rings. The van der Waals surface area contributed by atoms with Gasteiger partial charge in [0.15, 0.2) is 0 Å². The number of halogens is 2. The van der Waals surface area contributed by atoms with Crippen LogP contribution in [0.25, 0.3) is 5.57 Å². The number of benzene rings is 2. The third kappa shape index (κ3) is 3.11. The summed E-state index contributed by atoms with van der Waals surface area (Å²) in [4.78, 5) is 30.1. The molecule has 0 radical (unpaired) electrons. The minimum atomic E-state index is -0.358. The number of carbonyl (C=O) groups is 2. The number of hydrogen-bond acceptors (Lipinski definition) is 3. The number of anilines is 1. The Morgan fingerprint density at radius 2 is 1.61 bits per heavy atom. The topological polar surface area (TPSA) is 40.6 Å². The lowest BCUT2D eigenvalue weighted by molar-refractivity contribution is -0.120. The van der Waals surface area contributed by atoms with E-state index in [1.54, 1.807) is 18.2 Å². The van der Waals surface area contributed by atoms with Gasteiger partial charge in [-0.25, -0.2) is 4.90 Å². The monoisotopic (exact) mass is 414 g/mol. The van der Waals surface area contributed by atoms with Crippen molar-refractivity contribution in [2.24, 2.45) is 0 Å². The number of aryl methyl sites for hydroxylation is 2. The number of rotatable bonds is 3. The summed E-state index contributed by atoms with van der Waals surface area (Å²) in [5.41, 5.74) is 4.08. The van der Waals surface area contributed by atoms with Crippen LogP contribution in [0.4, 0.5) is 5.69 Å². The molecule has 2 heterocycles. The molecular formula is C22H20Cl2N2O2. The van der Waals surface area contributed by atoms with Gasteiger partial charge in [0.2, 0.25) is 0 Å². The van der Waals surface area contributed by atoms with Crippen molar-refractivity contribution in [2.45, 2.75) is 26.7 Å². The molecule has 4 rings (SSSR count). The van der Waals surface area contributed by atoms with E-state index in [0.717, 1.165) is 47.5 Å². The molecule has 2 aliphatic heterocycles. The molecule has 0 aromatic heterocycles. The molecule has 0 bridgehead atoms. The van der Waals surface area contributed by atoms with E-state index in [4.69, 9.17) is 23.2 Å². The van der Waals surface area contributed by atoms with Crippen molar-refractivity contribution in [2.75, 3.05) is 18.0 Å². The maximum Gasteiger partial charge on any atom is 0.282 e. The Labute approximate surface area is 174 Å². The molecular weight excluding hydrogens is 395 g/mol. The average Bonchev–Trinajstić information content (AvgIpc) is 3.24. The highest BCUT2D eigenvalue weighted by Crippen LogP contribution is 2.40. The third-order valence-corrected chi connectivity index (χ3v) is 5.84. The predicted octanol–water partition coefficient (Wildman–Crippen LogP) is 4.99. The zero-order valence-corrected chi connectivity index (χ0v) is 17.3. The average molecular weight is 415 g/mol. The van der Waals surface area contributed by atoms with Gasteiger partial charge in [0.25, 0.3) is 11.8 Å². The van der Waals surface area contributed by atoms with Gasteiger partial charge in [-0.3, -0.25) is 9.59 Å². The van der Waals surface area contributed by atoms with Gasteiger partial charge in [-0.2, -0.15) is 0 Å². The molecule has 0 N–H and O–H groups in total. The van der Waals surface area contributed by atoms with E-state index in [-0.39, 0.29) is 11.8 Å². The van der Waals surface area contributed by atoms with E-state index in [1.165, 1.54) is 0 Å². The molecule has 0 unspecified atom stereocenters. The molecule has 0 saturated carbocycles. The summed E-state index contributed by atoms with van der Waals surface area (Å²) in [6.07, 6.45) is 2.01. The molecule has 28 heavy (non-hydrogen) atoms. The van der Waals surface area contributed by atoms with Crippen LogP contribution in [0.3, 0.4) is 0 Å². The zero-order valence-electron chi connectivity index (χ0n) is 15.8. The lowest BCUT2D eigenvalue weighted by Gasteiger charge is -2.21. The van der Waals surface area contributed by atoms with Gasteiger partial charge in [-0.15, -0.1) is 0 Å². The fourth-order valence-corrected chi connectivity index (χ4v) is 4.33. The molecule has 2 amide bonds. The zero-order chi connectivity index (χ0) is 20.0. The molecule has 2 aromatic rings. The highest BCUT2D eigenvalue weighted by Gasteiger charge is 2.44. The molecule has 0 spiro atoms. The van der Waals surface area contributed by atoms with Crippen LogP contribution in [0.15, 0.2) is 42.1 Å². The number of nitrogens with zero attached hydrogens (tertiary/aromatic N) is 2. The standard InChI is InChI=1S/C22H20Cl2N2O2/c1-13-5-7-16(14(2)11-13)19-20(25-9-3-4-10-25)22(28)26(21(19)27)18-12-15(23)6-8-17(18)24/h5-8,11-12H,3-4,9-10H2,1-2H3. The van der Waals surface area contributed by atoms with Crippen molar-refractivity contribution in [3.63, 3.8) is 0 Å². The minimum Gasteiger partial charge on any atom is -0.366 e. The molecule has 144 valence electrons. The fraction of sp³-hybridized carbons (Fsp3) is 0.273. The molecule has 0 aliphatic carbocycles. The van der Waals surface area contributed by atoms with Gasteiger partial charge in [-0.1, -0.05) is 47.0 Å². The Balaban J connectivity index is 1.90. The molecule has 2 aromatic carbocycles. The van der Waals surface area contributed by atoms with Crippen molar-refractivity contribution in [1.82, 2.24) is 4.90 Å². The molecule has 0 atom stereocenters. The van der Waals surface area contributed by atoms with Gasteiger partial charge in [0.1, 0.15) is 5.70 Å². The van der Waals surface area contributed by atoms with Gasteiger partial charge in [-0.05, 0) is 56.0 Å². The Hall–Kier alpha value is -2.30. The normalized spacial score (nSPS) is 17.3. The summed E-state index contributed by atoms with van der Waals surface area (Å²) in [6.45, 7) is 5.50. The largest absolute Gasteiger partial charge is 0.366 e. The van der Waals surface area contributed by atoms with Crippen LogP contribution in [-0.4, -0.2) is 29.8 Å². The SMILES string of the molecule is Cc1ccc(C2=C(N3CCCC3)C(=O)N(c3cc(Cl)ccc3Cl)C2=O)c(C)c1. The Morgan fingerprint density at radius 3 is 2.29 bits per heavy atom. The van der Waals surface area contributed by atoms with E-state index in [1.807, 2.05) is 36.9 Å². The van der Waals surface area contributed by atoms with Crippen molar-refractivity contribution in [1.29, 1.82) is 0 Å². The van der Waals surface area contributed by atoms with Gasteiger partial charge >= 0.3 is 0 Å². The van der Waals surface area contributed by atoms with E-state index >= 15 is 0 Å². The van der Waals surface area contributed by atoms with Crippen molar-refractivity contribution in [3.8, 4) is 0 Å². The minimum absolute atomic E-state index is 0.314. The first-order valence-electron chi connectivity index (χ1n) is 9.29. The Bertz CT molecular complexity index is 1020. The van der Waals surface area contributed by atoms with Gasteiger partial charge < -0.3 is 4.90 Å². The summed E-state index contributed by atoms with van der Waals surface area (Å²) in [6, 6.07) is 10.7. The molecule has 1 saturated heterocycles. The maximum absolute atomic E-state index is 13.5. The summed E-state index contributed by atoms with van der Waals surface area (Å²) in [5, 5.41) is 0.733. The summed E-state index contributed by atoms with van der Waals surface area (Å²) in [7, 11) is 0. The van der Waals surface area contributed by atoms with Gasteiger partial charge in [0.05, 0.1) is 16.3 Å². The Kier molecular flexibility index (Phi) is 4.94. The van der Waals surface area contributed by atoms with E-state index in [9.17, 15) is 9.59 Å². The quantitative estimate of drug-likeness (QED) is 0.664. The Morgan fingerprint density at radius 1 is 0.893 bits per heavy atom. The lowest BCUT2D eigenvalue weighted by Crippen LogP contribution is -2.34. The van der Waals surface area contributed by atoms with Crippen LogP contribution < -0.4 is 4.90 Å². The molecule has 1 fully saturated rings. The summed E-state index contributed by atoms with van der Waals surface area (Å²) >= 11 is 12.4. The van der Waals surface area contributed by atoms with Crippen LogP contribution >= 0.6 is 23.2 Å². The van der Waals surface area contributed by atoms with E-state index in [2.05, 4.69) is 0 Å². The first kappa shape index (κ1) is 19.0. The highest BCUT2D eigenvalue weighted by atomic mass is 35.5. The highest BCUT2D eigenvalue weighted by molar-refractivity contribution is 6.47. The molecule has 4 nitrogen and oxygen atoms in total. The first-order chi connectivity index (χ1) is 13.4. The number of amides is 2.